The van der Waals surface area contributed by atoms with E-state index in [9.17, 15) is 0 Å². The van der Waals surface area contributed by atoms with Crippen LogP contribution in [0.4, 0.5) is 0 Å². The van der Waals surface area contributed by atoms with E-state index in [2.05, 4.69) is 43.8 Å². The van der Waals surface area contributed by atoms with Gasteiger partial charge in [0.15, 0.2) is 0 Å². The number of allylic oxidation sites excluding steroid dienone is 5. The first-order chi connectivity index (χ1) is 15.7. The van der Waals surface area contributed by atoms with Crippen LogP contribution in [0.5, 0.6) is 0 Å². The molecule has 2 fully saturated rings. The largest absolute Gasteiger partial charge is 0.193 e. The van der Waals surface area contributed by atoms with Gasteiger partial charge in [-0.15, -0.1) is 0 Å². The molecule has 0 radical (unpaired) electrons. The van der Waals surface area contributed by atoms with Crippen molar-refractivity contribution < 1.29 is 0 Å². The second kappa shape index (κ2) is 13.5. The number of hydrogen-bond donors (Lipinski definition) is 0. The summed E-state index contributed by atoms with van der Waals surface area (Å²) in [4.78, 5) is 0. The number of benzene rings is 1. The van der Waals surface area contributed by atoms with Crippen LogP contribution in [0.1, 0.15) is 101 Å². The Morgan fingerprint density at radius 1 is 0.969 bits per heavy atom. The van der Waals surface area contributed by atoms with Crippen LogP contribution in [0.15, 0.2) is 60.7 Å². The Labute approximate surface area is 197 Å². The molecule has 2 saturated carbocycles. The highest BCUT2D eigenvalue weighted by atomic mass is 14.3. The molecule has 1 aromatic rings. The summed E-state index contributed by atoms with van der Waals surface area (Å²) in [5.41, 5.74) is 4.64. The van der Waals surface area contributed by atoms with Crippen molar-refractivity contribution in [2.24, 2.45) is 17.8 Å². The van der Waals surface area contributed by atoms with Gasteiger partial charge in [0, 0.05) is 6.08 Å². The molecule has 0 bridgehead atoms. The van der Waals surface area contributed by atoms with Gasteiger partial charge >= 0.3 is 0 Å². The zero-order valence-electron chi connectivity index (χ0n) is 20.3. The zero-order chi connectivity index (χ0) is 22.6. The summed E-state index contributed by atoms with van der Waals surface area (Å²) in [6.45, 7) is 6.89. The van der Waals surface area contributed by atoms with Crippen LogP contribution >= 0.6 is 0 Å². The third kappa shape index (κ3) is 7.51. The maximum atomic E-state index is 8.51. The minimum Gasteiger partial charge on any atom is -0.193 e. The highest BCUT2D eigenvalue weighted by Gasteiger charge is 2.29. The smallest absolute Gasteiger partial charge is 0.0912 e. The van der Waals surface area contributed by atoms with Gasteiger partial charge in [0.2, 0.25) is 0 Å². The van der Waals surface area contributed by atoms with E-state index in [1.807, 2.05) is 18.2 Å². The number of nitriles is 1. The van der Waals surface area contributed by atoms with Crippen LogP contribution in [-0.2, 0) is 6.42 Å². The molecule has 3 rings (SSSR count). The molecule has 2 aliphatic rings. The highest BCUT2D eigenvalue weighted by Crippen LogP contribution is 2.44. The summed E-state index contributed by atoms with van der Waals surface area (Å²) in [5.74, 6) is 3.15. The van der Waals surface area contributed by atoms with Crippen LogP contribution in [0.2, 0.25) is 0 Å². The Morgan fingerprint density at radius 3 is 2.25 bits per heavy atom. The molecule has 1 heteroatoms. The molecule has 2 aliphatic carbocycles. The summed E-state index contributed by atoms with van der Waals surface area (Å²) >= 11 is 0. The van der Waals surface area contributed by atoms with Gasteiger partial charge in [-0.25, -0.2) is 0 Å². The Bertz CT molecular complexity index is 775. The standard InChI is InChI=1S/C31H43N/c1-3-4-10-26-14-18-30(19-15-26)31-22-20-29(21-23-31)25(2)28-16-12-27(13-17-28)11-8-6-5-7-9-24-32/h5-7,9,14-15,18-19,27-29,31H,2-4,8,10-13,16-17,20-23H2,1H3/b6-5+,9-7+. The molecule has 0 N–H and O–H groups in total. The van der Waals surface area contributed by atoms with Crippen molar-refractivity contribution in [2.75, 3.05) is 0 Å². The van der Waals surface area contributed by atoms with Gasteiger partial charge in [-0.2, -0.15) is 5.26 Å². The quantitative estimate of drug-likeness (QED) is 0.207. The second-order valence-electron chi connectivity index (χ2n) is 10.2. The summed E-state index contributed by atoms with van der Waals surface area (Å²) in [5, 5.41) is 8.51. The molecule has 0 saturated heterocycles. The molecule has 0 spiro atoms. The van der Waals surface area contributed by atoms with E-state index in [4.69, 9.17) is 5.26 Å². The van der Waals surface area contributed by atoms with Crippen molar-refractivity contribution >= 4 is 0 Å². The van der Waals surface area contributed by atoms with Gasteiger partial charge in [0.1, 0.15) is 0 Å². The van der Waals surface area contributed by atoms with Gasteiger partial charge in [0.05, 0.1) is 6.07 Å². The average Bonchev–Trinajstić information content (AvgIpc) is 2.85. The van der Waals surface area contributed by atoms with Crippen molar-refractivity contribution in [3.63, 3.8) is 0 Å². The molecule has 32 heavy (non-hydrogen) atoms. The fraction of sp³-hybridized carbons (Fsp3) is 0.581. The lowest BCUT2D eigenvalue weighted by molar-refractivity contribution is 0.260. The molecule has 0 aliphatic heterocycles. The van der Waals surface area contributed by atoms with E-state index >= 15 is 0 Å². The monoisotopic (exact) mass is 429 g/mol. The second-order valence-corrected chi connectivity index (χ2v) is 10.2. The molecule has 0 aromatic heterocycles. The Balaban J connectivity index is 1.37. The highest BCUT2D eigenvalue weighted by molar-refractivity contribution is 5.26. The number of nitrogens with zero attached hydrogens (tertiary/aromatic N) is 1. The van der Waals surface area contributed by atoms with E-state index in [0.29, 0.717) is 0 Å². The molecule has 172 valence electrons. The molecule has 0 amide bonds. The van der Waals surface area contributed by atoms with E-state index < -0.39 is 0 Å². The van der Waals surface area contributed by atoms with E-state index in [-0.39, 0.29) is 0 Å². The van der Waals surface area contributed by atoms with Crippen LogP contribution in [0.3, 0.4) is 0 Å². The van der Waals surface area contributed by atoms with Gasteiger partial charge in [-0.3, -0.25) is 0 Å². The van der Waals surface area contributed by atoms with Crippen LogP contribution in [0, 0.1) is 29.1 Å². The molecule has 0 heterocycles. The maximum Gasteiger partial charge on any atom is 0.0912 e. The van der Waals surface area contributed by atoms with Crippen LogP contribution in [-0.4, -0.2) is 0 Å². The van der Waals surface area contributed by atoms with Crippen molar-refractivity contribution in [1.29, 1.82) is 5.26 Å². The van der Waals surface area contributed by atoms with E-state index in [1.54, 1.807) is 11.1 Å². The third-order valence-electron chi connectivity index (χ3n) is 8.05. The number of rotatable bonds is 10. The predicted octanol–water partition coefficient (Wildman–Crippen LogP) is 9.08. The number of aryl methyl sites for hydroxylation is 1. The van der Waals surface area contributed by atoms with Gasteiger partial charge in [0.25, 0.3) is 0 Å². The summed E-state index contributed by atoms with van der Waals surface area (Å²) in [7, 11) is 0. The third-order valence-corrected chi connectivity index (χ3v) is 8.05. The van der Waals surface area contributed by atoms with Crippen LogP contribution < -0.4 is 0 Å². The van der Waals surface area contributed by atoms with Crippen molar-refractivity contribution in [3.8, 4) is 6.07 Å². The van der Waals surface area contributed by atoms with Crippen LogP contribution in [0.25, 0.3) is 0 Å². The Kier molecular flexibility index (Phi) is 10.3. The van der Waals surface area contributed by atoms with E-state index in [0.717, 1.165) is 30.1 Å². The number of unbranched alkanes of at least 4 members (excludes halogenated alkanes) is 1. The normalized spacial score (nSPS) is 26.4. The fourth-order valence-electron chi connectivity index (χ4n) is 5.90. The van der Waals surface area contributed by atoms with Gasteiger partial charge in [-0.05, 0) is 112 Å². The van der Waals surface area contributed by atoms with Gasteiger partial charge < -0.3 is 0 Å². The molecule has 0 unspecified atom stereocenters. The molecule has 0 atom stereocenters. The summed E-state index contributed by atoms with van der Waals surface area (Å²) in [6.07, 6.45) is 24.6. The first-order valence-corrected chi connectivity index (χ1v) is 13.2. The topological polar surface area (TPSA) is 23.8 Å². The first-order valence-electron chi connectivity index (χ1n) is 13.2. The maximum absolute atomic E-state index is 8.51. The van der Waals surface area contributed by atoms with Crippen molar-refractivity contribution in [1.82, 2.24) is 0 Å². The molecule has 1 aromatic carbocycles. The molecular formula is C31H43N. The summed E-state index contributed by atoms with van der Waals surface area (Å²) < 4.78 is 0. The predicted molar refractivity (Wildman–Crippen MR) is 137 cm³/mol. The lowest BCUT2D eigenvalue weighted by Crippen LogP contribution is -2.22. The fourth-order valence-corrected chi connectivity index (χ4v) is 5.90. The van der Waals surface area contributed by atoms with E-state index in [1.165, 1.54) is 88.7 Å². The van der Waals surface area contributed by atoms with Crippen molar-refractivity contribution in [2.45, 2.75) is 96.3 Å². The lowest BCUT2D eigenvalue weighted by atomic mass is 9.69. The first kappa shape index (κ1) is 24.6. The minimum atomic E-state index is 0.756. The SMILES string of the molecule is C=C(C1CCC(CC/C=C/C=C/C#N)CC1)C1CCC(c2ccc(CCCC)cc2)CC1. The molecular weight excluding hydrogens is 386 g/mol. The lowest BCUT2D eigenvalue weighted by Gasteiger charge is -2.36. The Hall–Kier alpha value is -2.07. The molecule has 1 nitrogen and oxygen atoms in total. The minimum absolute atomic E-state index is 0.756. The van der Waals surface area contributed by atoms with Gasteiger partial charge in [-0.1, -0.05) is 68.0 Å². The van der Waals surface area contributed by atoms with Crippen molar-refractivity contribution in [3.05, 3.63) is 71.8 Å². The Morgan fingerprint density at radius 2 is 1.62 bits per heavy atom. The zero-order valence-corrected chi connectivity index (χ0v) is 20.3. The number of hydrogen-bond acceptors (Lipinski definition) is 1. The summed E-state index contributed by atoms with van der Waals surface area (Å²) in [6, 6.07) is 11.6. The average molecular weight is 430 g/mol.